The van der Waals surface area contributed by atoms with Gasteiger partial charge in [-0.2, -0.15) is 12.6 Å². The van der Waals surface area contributed by atoms with E-state index in [2.05, 4.69) is 12.6 Å². The van der Waals surface area contributed by atoms with Gasteiger partial charge < -0.3 is 5.11 Å². The number of carboxylic acid groups (broad SMARTS) is 1. The number of hydrogen-bond acceptors (Lipinski definition) is 5. The van der Waals surface area contributed by atoms with Gasteiger partial charge in [-0.1, -0.05) is 36.8 Å². The maximum Gasteiger partial charge on any atom is 0.341 e. The first-order chi connectivity index (χ1) is 11.8. The Kier molecular flexibility index (Phi) is 9.38. The van der Waals surface area contributed by atoms with Crippen LogP contribution in [0.5, 0.6) is 0 Å². The van der Waals surface area contributed by atoms with Gasteiger partial charge in [-0.25, -0.2) is 14.8 Å². The van der Waals surface area contributed by atoms with Crippen molar-refractivity contribution in [2.75, 3.05) is 19.8 Å². The van der Waals surface area contributed by atoms with E-state index < -0.39 is 10.8 Å². The monoisotopic (exact) mass is 384 g/mol. The summed E-state index contributed by atoms with van der Waals surface area (Å²) < 4.78 is 0. The molecule has 0 saturated heterocycles. The van der Waals surface area contributed by atoms with Gasteiger partial charge in [0, 0.05) is 26.3 Å². The Morgan fingerprint density at radius 1 is 1.16 bits per heavy atom. The Bertz CT molecular complexity index is 555. The number of rotatable bonds is 11. The van der Waals surface area contributed by atoms with Crippen molar-refractivity contribution in [2.45, 2.75) is 43.2 Å². The van der Waals surface area contributed by atoms with Crippen LogP contribution in [0.4, 0.5) is 0 Å². The lowest BCUT2D eigenvalue weighted by Gasteiger charge is -2.41. The molecule has 140 valence electrons. The van der Waals surface area contributed by atoms with E-state index in [1.165, 1.54) is 16.8 Å². The van der Waals surface area contributed by atoms with Gasteiger partial charge in [0.05, 0.1) is 0 Å². The van der Waals surface area contributed by atoms with Crippen LogP contribution in [0.1, 0.15) is 38.2 Å². The number of thiol groups is 1. The van der Waals surface area contributed by atoms with Gasteiger partial charge in [0.15, 0.2) is 4.87 Å². The Balaban J connectivity index is 2.88. The molecule has 1 rings (SSSR count). The molecule has 7 heteroatoms. The maximum atomic E-state index is 12.7. The van der Waals surface area contributed by atoms with E-state index in [0.717, 1.165) is 30.6 Å². The predicted octanol–water partition coefficient (Wildman–Crippen LogP) is 3.52. The zero-order chi connectivity index (χ0) is 18.9. The number of benzene rings is 1. The molecule has 0 aliphatic heterocycles. The predicted molar refractivity (Wildman–Crippen MR) is 107 cm³/mol. The molecule has 0 radical (unpaired) electrons. The Morgan fingerprint density at radius 2 is 1.80 bits per heavy atom. The van der Waals surface area contributed by atoms with Crippen molar-refractivity contribution < 1.29 is 14.7 Å². The summed E-state index contributed by atoms with van der Waals surface area (Å²) in [5, 5.41) is 12.8. The van der Waals surface area contributed by atoms with Crippen LogP contribution in [-0.2, 0) is 15.3 Å². The van der Waals surface area contributed by atoms with Gasteiger partial charge in [-0.15, -0.1) is 11.8 Å². The molecule has 0 fully saturated rings. The molecule has 5 nitrogen and oxygen atoms in total. The molecule has 1 unspecified atom stereocenters. The third-order valence-corrected chi connectivity index (χ3v) is 5.55. The van der Waals surface area contributed by atoms with E-state index in [1.54, 1.807) is 26.0 Å². The first kappa shape index (κ1) is 21.9. The van der Waals surface area contributed by atoms with Gasteiger partial charge in [0.25, 0.3) is 0 Å². The number of aliphatic carboxylic acids is 1. The highest BCUT2D eigenvalue weighted by atomic mass is 32.2. The first-order valence-electron chi connectivity index (χ1n) is 8.35. The molecule has 0 heterocycles. The molecule has 0 saturated carbocycles. The highest BCUT2D eigenvalue weighted by molar-refractivity contribution is 8.00. The lowest BCUT2D eigenvalue weighted by molar-refractivity contribution is -0.166. The number of nitrogens with zero attached hydrogens (tertiary/aromatic N) is 2. The number of carboxylic acids is 1. The van der Waals surface area contributed by atoms with Crippen LogP contribution >= 0.6 is 24.4 Å². The first-order valence-corrected chi connectivity index (χ1v) is 9.97. The molecule has 1 aromatic carbocycles. The fraction of sp³-hybridized carbons (Fsp3) is 0.556. The quantitative estimate of drug-likeness (QED) is 0.265. The molecule has 1 atom stereocenters. The van der Waals surface area contributed by atoms with Crippen molar-refractivity contribution in [3.63, 3.8) is 0 Å². The number of carbonyl (C=O) groups is 2. The van der Waals surface area contributed by atoms with E-state index in [-0.39, 0.29) is 5.91 Å². The van der Waals surface area contributed by atoms with E-state index in [4.69, 9.17) is 0 Å². The van der Waals surface area contributed by atoms with Gasteiger partial charge in [-0.3, -0.25) is 4.79 Å². The average Bonchev–Trinajstić information content (AvgIpc) is 2.57. The van der Waals surface area contributed by atoms with Crippen LogP contribution in [0.25, 0.3) is 0 Å². The normalized spacial score (nSPS) is 13.5. The summed E-state index contributed by atoms with van der Waals surface area (Å²) >= 11 is 5.41. The van der Waals surface area contributed by atoms with Crippen LogP contribution in [0.2, 0.25) is 0 Å². The van der Waals surface area contributed by atoms with Gasteiger partial charge in [0.1, 0.15) is 0 Å². The molecule has 25 heavy (non-hydrogen) atoms. The summed E-state index contributed by atoms with van der Waals surface area (Å²) in [6, 6.07) is 9.67. The third kappa shape index (κ3) is 6.56. The number of hydrazine groups is 1. The zero-order valence-electron chi connectivity index (χ0n) is 15.1. The number of hydrogen-bond donors (Lipinski definition) is 2. The van der Waals surface area contributed by atoms with E-state index >= 15 is 0 Å². The molecule has 1 N–H and O–H groups in total. The minimum atomic E-state index is -1.36. The SMILES string of the molecule is CN(C)N(C(=O)CCCCCS)C(C)(SCc1ccccc1)C(=O)O. The molecular formula is C18H28N2O3S2. The van der Waals surface area contributed by atoms with Crippen LogP contribution < -0.4 is 0 Å². The molecule has 0 spiro atoms. The van der Waals surface area contributed by atoms with Gasteiger partial charge >= 0.3 is 5.97 Å². The van der Waals surface area contributed by atoms with Crippen LogP contribution in [0, 0.1) is 0 Å². The maximum absolute atomic E-state index is 12.7. The van der Waals surface area contributed by atoms with Crippen LogP contribution in [-0.4, -0.2) is 51.7 Å². The number of carbonyl (C=O) groups excluding carboxylic acids is 1. The summed E-state index contributed by atoms with van der Waals surface area (Å²) in [4.78, 5) is 23.4. The van der Waals surface area contributed by atoms with Gasteiger partial charge in [-0.05, 0) is 31.1 Å². The summed E-state index contributed by atoms with van der Waals surface area (Å²) in [5.74, 6) is 0.118. The van der Waals surface area contributed by atoms with Crippen molar-refractivity contribution in [3.05, 3.63) is 35.9 Å². The van der Waals surface area contributed by atoms with E-state index in [9.17, 15) is 14.7 Å². The van der Waals surface area contributed by atoms with Crippen LogP contribution in [0.3, 0.4) is 0 Å². The average molecular weight is 385 g/mol. The summed E-state index contributed by atoms with van der Waals surface area (Å²) in [5.41, 5.74) is 1.03. The van der Waals surface area contributed by atoms with Crippen molar-refractivity contribution in [2.24, 2.45) is 0 Å². The van der Waals surface area contributed by atoms with Crippen molar-refractivity contribution >= 4 is 36.3 Å². The third-order valence-electron chi connectivity index (χ3n) is 3.85. The van der Waals surface area contributed by atoms with Crippen molar-refractivity contribution in [1.82, 2.24) is 10.0 Å². The second-order valence-corrected chi connectivity index (χ2v) is 7.97. The highest BCUT2D eigenvalue weighted by Crippen LogP contribution is 2.34. The molecule has 0 aromatic heterocycles. The van der Waals surface area contributed by atoms with E-state index in [0.29, 0.717) is 12.2 Å². The second-order valence-electron chi connectivity index (χ2n) is 6.15. The lowest BCUT2D eigenvalue weighted by atomic mass is 10.2. The molecule has 0 bridgehead atoms. The van der Waals surface area contributed by atoms with Gasteiger partial charge in [0.2, 0.25) is 5.91 Å². The van der Waals surface area contributed by atoms with Crippen molar-refractivity contribution in [3.8, 4) is 0 Å². The number of amides is 1. The summed E-state index contributed by atoms with van der Waals surface area (Å²) in [6.45, 7) is 1.59. The minimum Gasteiger partial charge on any atom is -0.479 e. The Morgan fingerprint density at radius 3 is 2.32 bits per heavy atom. The zero-order valence-corrected chi connectivity index (χ0v) is 16.9. The largest absolute Gasteiger partial charge is 0.479 e. The summed E-state index contributed by atoms with van der Waals surface area (Å²) in [6.07, 6.45) is 2.94. The fourth-order valence-electron chi connectivity index (χ4n) is 2.52. The number of unbranched alkanes of at least 4 members (excludes halogenated alkanes) is 2. The standard InChI is InChI=1S/C18H28N2O3S2/c1-18(17(22)23,25-14-15-10-6-4-7-11-15)20(19(2)3)16(21)12-8-5-9-13-24/h4,6-7,10-11,24H,5,8-9,12-14H2,1-3H3,(H,22,23). The second kappa shape index (κ2) is 10.7. The fourth-order valence-corrected chi connectivity index (χ4v) is 3.90. The minimum absolute atomic E-state index is 0.172. The topological polar surface area (TPSA) is 60.9 Å². The van der Waals surface area contributed by atoms with Crippen LogP contribution in [0.15, 0.2) is 30.3 Å². The Hall–Kier alpha value is -1.18. The lowest BCUT2D eigenvalue weighted by Crippen LogP contribution is -2.58. The molecule has 1 amide bonds. The van der Waals surface area contributed by atoms with E-state index in [1.807, 2.05) is 30.3 Å². The number of thioether (sulfide) groups is 1. The molecule has 0 aliphatic rings. The van der Waals surface area contributed by atoms with Crippen molar-refractivity contribution in [1.29, 1.82) is 0 Å². The smallest absolute Gasteiger partial charge is 0.341 e. The highest BCUT2D eigenvalue weighted by Gasteiger charge is 2.44. The summed E-state index contributed by atoms with van der Waals surface area (Å²) in [7, 11) is 3.41. The molecule has 1 aromatic rings. The molecule has 0 aliphatic carbocycles. The molecular weight excluding hydrogens is 356 g/mol. The Labute approximate surface area is 160 Å².